The number of benzene rings is 2. The van der Waals surface area contributed by atoms with Gasteiger partial charge in [0.25, 0.3) is 0 Å². The molecule has 1 fully saturated rings. The average Bonchev–Trinajstić information content (AvgIpc) is 3.13. The Hall–Kier alpha value is -1.50. The van der Waals surface area contributed by atoms with Crippen LogP contribution >= 0.6 is 11.8 Å². The predicted molar refractivity (Wildman–Crippen MR) is 98.2 cm³/mol. The maximum Gasteiger partial charge on any atom is 0.243 e. The number of nitrogens with zero attached hydrogens (tertiary/aromatic N) is 1. The second kappa shape index (κ2) is 6.43. The summed E-state index contributed by atoms with van der Waals surface area (Å²) in [6.45, 7) is 2.02. The summed E-state index contributed by atoms with van der Waals surface area (Å²) in [5, 5.41) is 3.30. The van der Waals surface area contributed by atoms with Gasteiger partial charge in [-0.3, -0.25) is 0 Å². The van der Waals surface area contributed by atoms with E-state index in [-0.39, 0.29) is 5.92 Å². The smallest absolute Gasteiger partial charge is 0.243 e. The Morgan fingerprint density at radius 2 is 1.96 bits per heavy atom. The fourth-order valence-electron chi connectivity index (χ4n) is 3.37. The molecule has 1 N–H and O–H groups in total. The Morgan fingerprint density at radius 3 is 2.79 bits per heavy atom. The van der Waals surface area contributed by atoms with Crippen LogP contribution < -0.4 is 5.32 Å². The summed E-state index contributed by atoms with van der Waals surface area (Å²) in [6, 6.07) is 15.6. The van der Waals surface area contributed by atoms with Gasteiger partial charge in [-0.15, -0.1) is 11.8 Å². The molecule has 0 aromatic heterocycles. The first kappa shape index (κ1) is 16.0. The number of thioether (sulfide) groups is 1. The molecule has 2 aromatic carbocycles. The highest BCUT2D eigenvalue weighted by Crippen LogP contribution is 2.35. The lowest BCUT2D eigenvalue weighted by Crippen LogP contribution is -2.28. The molecule has 6 heteroatoms. The standard InChI is InChI=1S/C18H20N2O2S2/c21-24(22,16-6-7-18-17(12-16)19-9-11-23-18)20-10-8-15(13-20)14-4-2-1-3-5-14/h1-7,12,15,19H,8-11,13H2. The number of sulfonamides is 1. The quantitative estimate of drug-likeness (QED) is 0.912. The third-order valence-corrected chi connectivity index (χ3v) is 7.62. The summed E-state index contributed by atoms with van der Waals surface area (Å²) in [5.41, 5.74) is 2.16. The van der Waals surface area contributed by atoms with E-state index in [1.807, 2.05) is 24.3 Å². The Balaban J connectivity index is 1.57. The molecule has 126 valence electrons. The van der Waals surface area contributed by atoms with Crippen LogP contribution in [0, 0.1) is 0 Å². The highest BCUT2D eigenvalue weighted by molar-refractivity contribution is 7.99. The van der Waals surface area contributed by atoms with Crippen molar-refractivity contribution in [2.24, 2.45) is 0 Å². The van der Waals surface area contributed by atoms with Crippen molar-refractivity contribution in [3.63, 3.8) is 0 Å². The van der Waals surface area contributed by atoms with Crippen LogP contribution in [0.25, 0.3) is 0 Å². The second-order valence-electron chi connectivity index (χ2n) is 6.19. The van der Waals surface area contributed by atoms with Crippen LogP contribution in [-0.4, -0.2) is 38.1 Å². The first-order chi connectivity index (χ1) is 11.6. The van der Waals surface area contributed by atoms with Crippen molar-refractivity contribution in [2.75, 3.05) is 30.7 Å². The van der Waals surface area contributed by atoms with E-state index in [0.29, 0.717) is 18.0 Å². The van der Waals surface area contributed by atoms with Crippen molar-refractivity contribution in [2.45, 2.75) is 22.1 Å². The monoisotopic (exact) mass is 360 g/mol. The second-order valence-corrected chi connectivity index (χ2v) is 9.27. The van der Waals surface area contributed by atoms with Crippen molar-refractivity contribution < 1.29 is 8.42 Å². The number of rotatable bonds is 3. The van der Waals surface area contributed by atoms with Gasteiger partial charge in [0, 0.05) is 36.0 Å². The molecule has 2 aromatic rings. The number of hydrogen-bond donors (Lipinski definition) is 1. The Morgan fingerprint density at radius 1 is 1.12 bits per heavy atom. The van der Waals surface area contributed by atoms with Gasteiger partial charge in [0.2, 0.25) is 10.0 Å². The molecule has 0 bridgehead atoms. The summed E-state index contributed by atoms with van der Waals surface area (Å²) < 4.78 is 27.6. The van der Waals surface area contributed by atoms with Crippen LogP contribution in [0.15, 0.2) is 58.3 Å². The van der Waals surface area contributed by atoms with Gasteiger partial charge in [-0.05, 0) is 36.1 Å². The molecule has 2 heterocycles. The lowest BCUT2D eigenvalue weighted by atomic mass is 9.99. The number of nitrogens with one attached hydrogen (secondary N) is 1. The van der Waals surface area contributed by atoms with Gasteiger partial charge < -0.3 is 5.32 Å². The minimum Gasteiger partial charge on any atom is -0.383 e. The summed E-state index contributed by atoms with van der Waals surface area (Å²) in [7, 11) is -3.43. The van der Waals surface area contributed by atoms with Crippen molar-refractivity contribution in [3.05, 3.63) is 54.1 Å². The fourth-order valence-corrected chi connectivity index (χ4v) is 5.77. The molecule has 1 saturated heterocycles. The van der Waals surface area contributed by atoms with E-state index >= 15 is 0 Å². The lowest BCUT2D eigenvalue weighted by Gasteiger charge is -2.21. The molecule has 0 amide bonds. The van der Waals surface area contributed by atoms with Gasteiger partial charge in [0.05, 0.1) is 4.90 Å². The molecule has 0 radical (unpaired) electrons. The average molecular weight is 361 g/mol. The zero-order valence-corrected chi connectivity index (χ0v) is 14.9. The molecule has 0 aliphatic carbocycles. The van der Waals surface area contributed by atoms with E-state index in [1.165, 1.54) is 5.56 Å². The van der Waals surface area contributed by atoms with Gasteiger partial charge in [0.1, 0.15) is 0 Å². The van der Waals surface area contributed by atoms with Gasteiger partial charge in [-0.1, -0.05) is 30.3 Å². The summed E-state index contributed by atoms with van der Waals surface area (Å²) >= 11 is 1.77. The predicted octanol–water partition coefficient (Wildman–Crippen LogP) is 3.38. The molecule has 0 saturated carbocycles. The topological polar surface area (TPSA) is 49.4 Å². The maximum absolute atomic E-state index is 13.0. The SMILES string of the molecule is O=S(=O)(c1ccc2c(c1)NCCS2)N1CCC(c2ccccc2)C1. The molecular formula is C18H20N2O2S2. The van der Waals surface area contributed by atoms with Gasteiger partial charge in [0.15, 0.2) is 0 Å². The van der Waals surface area contributed by atoms with Crippen molar-refractivity contribution in [1.29, 1.82) is 0 Å². The van der Waals surface area contributed by atoms with Crippen LogP contribution in [-0.2, 0) is 10.0 Å². The first-order valence-corrected chi connectivity index (χ1v) is 10.6. The van der Waals surface area contributed by atoms with Crippen LogP contribution in [0.5, 0.6) is 0 Å². The molecular weight excluding hydrogens is 340 g/mol. The van der Waals surface area contributed by atoms with E-state index in [4.69, 9.17) is 0 Å². The highest BCUT2D eigenvalue weighted by atomic mass is 32.2. The number of hydrogen-bond acceptors (Lipinski definition) is 4. The van der Waals surface area contributed by atoms with Crippen LogP contribution in [0.4, 0.5) is 5.69 Å². The Kier molecular flexibility index (Phi) is 4.28. The van der Waals surface area contributed by atoms with Crippen molar-refractivity contribution in [1.82, 2.24) is 4.31 Å². The molecule has 2 aliphatic rings. The molecule has 2 aliphatic heterocycles. The van der Waals surface area contributed by atoms with Gasteiger partial charge >= 0.3 is 0 Å². The van der Waals surface area contributed by atoms with Crippen LogP contribution in [0.3, 0.4) is 0 Å². The molecule has 24 heavy (non-hydrogen) atoms. The van der Waals surface area contributed by atoms with E-state index in [0.717, 1.165) is 29.3 Å². The fraction of sp³-hybridized carbons (Fsp3) is 0.333. The molecule has 1 atom stereocenters. The zero-order chi connectivity index (χ0) is 16.6. The number of anilines is 1. The van der Waals surface area contributed by atoms with E-state index in [1.54, 1.807) is 28.2 Å². The summed E-state index contributed by atoms with van der Waals surface area (Å²) in [6.07, 6.45) is 0.877. The normalized spacial score (nSPS) is 21.2. The minimum absolute atomic E-state index is 0.285. The molecule has 0 spiro atoms. The Bertz CT molecular complexity index is 837. The van der Waals surface area contributed by atoms with Crippen molar-refractivity contribution in [3.8, 4) is 0 Å². The molecule has 1 unspecified atom stereocenters. The molecule has 4 rings (SSSR count). The zero-order valence-electron chi connectivity index (χ0n) is 13.3. The third-order valence-electron chi connectivity index (χ3n) is 4.69. The first-order valence-electron chi connectivity index (χ1n) is 8.20. The third kappa shape index (κ3) is 2.94. The Labute approximate surface area is 147 Å². The van der Waals surface area contributed by atoms with E-state index in [2.05, 4.69) is 17.4 Å². The minimum atomic E-state index is -3.43. The maximum atomic E-state index is 13.0. The van der Waals surface area contributed by atoms with E-state index in [9.17, 15) is 8.42 Å². The molecule has 4 nitrogen and oxygen atoms in total. The van der Waals surface area contributed by atoms with Crippen LogP contribution in [0.1, 0.15) is 17.9 Å². The van der Waals surface area contributed by atoms with Gasteiger partial charge in [-0.2, -0.15) is 4.31 Å². The largest absolute Gasteiger partial charge is 0.383 e. The highest BCUT2D eigenvalue weighted by Gasteiger charge is 2.33. The number of fused-ring (bicyclic) bond motifs is 1. The van der Waals surface area contributed by atoms with E-state index < -0.39 is 10.0 Å². The lowest BCUT2D eigenvalue weighted by molar-refractivity contribution is 0.473. The van der Waals surface area contributed by atoms with Crippen molar-refractivity contribution >= 4 is 27.5 Å². The summed E-state index contributed by atoms with van der Waals surface area (Å²) in [4.78, 5) is 1.52. The summed E-state index contributed by atoms with van der Waals surface area (Å²) in [5.74, 6) is 1.30. The van der Waals surface area contributed by atoms with Crippen LogP contribution in [0.2, 0.25) is 0 Å². The van der Waals surface area contributed by atoms with Gasteiger partial charge in [-0.25, -0.2) is 8.42 Å².